The molecule has 8 heteroatoms. The lowest BCUT2D eigenvalue weighted by molar-refractivity contribution is -0.602. The first-order chi connectivity index (χ1) is 5.96. The number of hydrogen-bond donors (Lipinski definition) is 1. The summed E-state index contributed by atoms with van der Waals surface area (Å²) in [6, 6.07) is 0. The van der Waals surface area contributed by atoms with Gasteiger partial charge in [0.2, 0.25) is 0 Å². The smallest absolute Gasteiger partial charge is 0.326 e. The van der Waals surface area contributed by atoms with E-state index >= 15 is 0 Å². The highest BCUT2D eigenvalue weighted by atomic mass is 16.7. The fourth-order valence-corrected chi connectivity index (χ4v) is 0.824. The molecule has 0 spiro atoms. The summed E-state index contributed by atoms with van der Waals surface area (Å²) < 4.78 is 0. The van der Waals surface area contributed by atoms with Gasteiger partial charge in [0, 0.05) is 0 Å². The minimum Gasteiger partial charge on any atom is -0.326 e. The van der Waals surface area contributed by atoms with Crippen LogP contribution < -0.4 is 0 Å². The Labute approximate surface area is 71.5 Å². The van der Waals surface area contributed by atoms with Crippen molar-refractivity contribution in [3.63, 3.8) is 0 Å². The van der Waals surface area contributed by atoms with Gasteiger partial charge in [-0.25, -0.2) is 0 Å². The van der Waals surface area contributed by atoms with E-state index in [0.29, 0.717) is 6.21 Å². The van der Waals surface area contributed by atoms with E-state index in [0.717, 1.165) is 6.20 Å². The van der Waals surface area contributed by atoms with Crippen molar-refractivity contribution in [3.8, 4) is 0 Å². The normalized spacial score (nSPS) is 26.7. The number of hydrogen-bond acceptors (Lipinski definition) is 6. The van der Waals surface area contributed by atoms with Gasteiger partial charge in [0.1, 0.15) is 18.8 Å². The summed E-state index contributed by atoms with van der Waals surface area (Å²) in [6.45, 7) is 0. The second-order valence-corrected chi connectivity index (χ2v) is 2.47. The first kappa shape index (κ1) is 9.26. The quantitative estimate of drug-likeness (QED) is 0.356. The highest BCUT2D eigenvalue weighted by molar-refractivity contribution is 5.68. The molecule has 13 heavy (non-hydrogen) atoms. The zero-order chi connectivity index (χ0) is 10.1. The topological polar surface area (TPSA) is 119 Å². The zero-order valence-corrected chi connectivity index (χ0v) is 6.28. The summed E-state index contributed by atoms with van der Waals surface area (Å²) in [4.78, 5) is 21.9. The molecule has 0 saturated heterocycles. The molecule has 1 N–H and O–H groups in total. The maximum atomic E-state index is 10.3. The minimum absolute atomic E-state index is 0.485. The predicted octanol–water partition coefficient (Wildman–Crippen LogP) is -0.456. The van der Waals surface area contributed by atoms with E-state index in [4.69, 9.17) is 0 Å². The first-order valence-corrected chi connectivity index (χ1v) is 3.20. The number of nitrogens with zero attached hydrogens (tertiary/aromatic N) is 3. The second-order valence-electron chi connectivity index (χ2n) is 2.47. The maximum Gasteiger partial charge on any atom is 0.369 e. The maximum absolute atomic E-state index is 10.3. The molecule has 0 aromatic carbocycles. The molecule has 8 nitrogen and oxygen atoms in total. The van der Waals surface area contributed by atoms with E-state index in [1.54, 1.807) is 0 Å². The number of aliphatic hydroxyl groups is 1. The van der Waals surface area contributed by atoms with E-state index in [1.165, 1.54) is 0 Å². The molecule has 0 aromatic rings. The van der Waals surface area contributed by atoms with Crippen LogP contribution >= 0.6 is 0 Å². The Morgan fingerprint density at radius 2 is 2.15 bits per heavy atom. The average Bonchev–Trinajstić information content (AvgIpc) is 2.04. The highest BCUT2D eigenvalue weighted by Gasteiger charge is 2.45. The van der Waals surface area contributed by atoms with Gasteiger partial charge >= 0.3 is 5.72 Å². The predicted molar refractivity (Wildman–Crippen MR) is 40.1 cm³/mol. The Balaban J connectivity index is 2.92. The third-order valence-electron chi connectivity index (χ3n) is 1.50. The van der Waals surface area contributed by atoms with Gasteiger partial charge in [-0.2, -0.15) is 0 Å². The number of aliphatic imine (C=N–C) groups is 1. The molecule has 1 aliphatic heterocycles. The van der Waals surface area contributed by atoms with Crippen LogP contribution in [0, 0.1) is 20.2 Å². The van der Waals surface area contributed by atoms with Crippen LogP contribution in [0.1, 0.15) is 6.42 Å². The average molecular weight is 187 g/mol. The molecule has 1 unspecified atom stereocenters. The van der Waals surface area contributed by atoms with Crippen molar-refractivity contribution in [1.29, 1.82) is 0 Å². The molecule has 0 aliphatic carbocycles. The molecule has 0 amide bonds. The minimum atomic E-state index is -2.45. The van der Waals surface area contributed by atoms with Crippen molar-refractivity contribution < 1.29 is 15.0 Å². The highest BCUT2D eigenvalue weighted by Crippen LogP contribution is 2.19. The molecule has 0 bridgehead atoms. The van der Waals surface area contributed by atoms with Crippen molar-refractivity contribution >= 4 is 6.21 Å². The van der Waals surface area contributed by atoms with Gasteiger partial charge in [0.25, 0.3) is 5.70 Å². The van der Waals surface area contributed by atoms with Gasteiger partial charge in [0.15, 0.2) is 0 Å². The molecule has 1 atom stereocenters. The monoisotopic (exact) mass is 187 g/mol. The molecular formula is C5H5N3O5. The Morgan fingerprint density at radius 3 is 2.62 bits per heavy atom. The lowest BCUT2D eigenvalue weighted by Gasteiger charge is -2.14. The van der Waals surface area contributed by atoms with Gasteiger partial charge in [-0.1, -0.05) is 0 Å². The van der Waals surface area contributed by atoms with E-state index in [-0.39, 0.29) is 0 Å². The van der Waals surface area contributed by atoms with Crippen LogP contribution in [0.2, 0.25) is 0 Å². The molecule has 0 saturated carbocycles. The van der Waals surface area contributed by atoms with Crippen LogP contribution in [0.15, 0.2) is 16.9 Å². The summed E-state index contributed by atoms with van der Waals surface area (Å²) in [5.41, 5.74) is -2.93. The molecule has 1 aliphatic rings. The fourth-order valence-electron chi connectivity index (χ4n) is 0.824. The van der Waals surface area contributed by atoms with Crippen molar-refractivity contribution in [1.82, 2.24) is 0 Å². The van der Waals surface area contributed by atoms with Crippen LogP contribution in [-0.4, -0.2) is 26.9 Å². The second kappa shape index (κ2) is 2.90. The molecule has 0 radical (unpaired) electrons. The molecule has 70 valence electrons. The van der Waals surface area contributed by atoms with Crippen molar-refractivity contribution in [3.05, 3.63) is 32.1 Å². The largest absolute Gasteiger partial charge is 0.369 e. The van der Waals surface area contributed by atoms with Gasteiger partial charge < -0.3 is 5.11 Å². The third kappa shape index (κ3) is 1.67. The van der Waals surface area contributed by atoms with Gasteiger partial charge in [-0.3, -0.25) is 25.2 Å². The Bertz CT molecular complexity index is 322. The van der Waals surface area contributed by atoms with Crippen LogP contribution in [-0.2, 0) is 0 Å². The lowest BCUT2D eigenvalue weighted by atomic mass is 10.1. The Hall–Kier alpha value is -1.83. The SMILES string of the molecule is O=[N+]([O-])C1=CN=CC(O)([N+](=O)[O-])C1. The van der Waals surface area contributed by atoms with Crippen molar-refractivity contribution in [2.75, 3.05) is 0 Å². The van der Waals surface area contributed by atoms with Gasteiger partial charge in [-0.05, 0) is 0 Å². The third-order valence-corrected chi connectivity index (χ3v) is 1.50. The van der Waals surface area contributed by atoms with Crippen molar-refractivity contribution in [2.45, 2.75) is 12.1 Å². The molecule has 1 heterocycles. The summed E-state index contributed by atoms with van der Waals surface area (Å²) in [5, 5.41) is 29.6. The van der Waals surface area contributed by atoms with E-state index < -0.39 is 27.7 Å². The summed E-state index contributed by atoms with van der Waals surface area (Å²) in [6.07, 6.45) is 0.870. The number of rotatable bonds is 2. The summed E-state index contributed by atoms with van der Waals surface area (Å²) in [7, 11) is 0. The zero-order valence-electron chi connectivity index (χ0n) is 6.28. The van der Waals surface area contributed by atoms with Crippen LogP contribution in [0.5, 0.6) is 0 Å². The summed E-state index contributed by atoms with van der Waals surface area (Å²) >= 11 is 0. The van der Waals surface area contributed by atoms with Crippen LogP contribution in [0.4, 0.5) is 0 Å². The number of nitro groups is 2. The molecule has 1 rings (SSSR count). The fraction of sp³-hybridized carbons (Fsp3) is 0.400. The lowest BCUT2D eigenvalue weighted by Crippen LogP contribution is -2.42. The Morgan fingerprint density at radius 1 is 1.54 bits per heavy atom. The molecule has 0 fully saturated rings. The van der Waals surface area contributed by atoms with E-state index in [2.05, 4.69) is 4.99 Å². The van der Waals surface area contributed by atoms with Crippen molar-refractivity contribution in [2.24, 2.45) is 4.99 Å². The van der Waals surface area contributed by atoms with Crippen LogP contribution in [0.25, 0.3) is 0 Å². The standard InChI is InChI=1S/C5H5N3O5/c9-5(8(12)13)1-4(7(10)11)2-6-3-5/h2-3,9H,1H2. The van der Waals surface area contributed by atoms with Gasteiger partial charge in [0.05, 0.1) is 9.85 Å². The van der Waals surface area contributed by atoms with Crippen LogP contribution in [0.3, 0.4) is 0 Å². The Kier molecular flexibility index (Phi) is 2.07. The first-order valence-electron chi connectivity index (χ1n) is 3.20. The molecule has 0 aromatic heterocycles. The van der Waals surface area contributed by atoms with E-state index in [1.807, 2.05) is 0 Å². The van der Waals surface area contributed by atoms with Gasteiger partial charge in [-0.15, -0.1) is 0 Å². The molecular weight excluding hydrogens is 182 g/mol. The summed E-state index contributed by atoms with van der Waals surface area (Å²) in [5.74, 6) is 0. The van der Waals surface area contributed by atoms with E-state index in [9.17, 15) is 25.3 Å².